The van der Waals surface area contributed by atoms with Gasteiger partial charge in [0.2, 0.25) is 5.91 Å². The van der Waals surface area contributed by atoms with Gasteiger partial charge in [0.15, 0.2) is 0 Å². The van der Waals surface area contributed by atoms with E-state index in [1.165, 1.54) is 24.1 Å². The summed E-state index contributed by atoms with van der Waals surface area (Å²) in [6.45, 7) is 2.12. The highest BCUT2D eigenvalue weighted by molar-refractivity contribution is 5.93. The molecule has 2 aromatic rings. The maximum Gasteiger partial charge on any atom is 0.248 e. The van der Waals surface area contributed by atoms with E-state index in [0.29, 0.717) is 11.5 Å². The summed E-state index contributed by atoms with van der Waals surface area (Å²) in [7, 11) is 1.98. The summed E-state index contributed by atoms with van der Waals surface area (Å²) in [6, 6.07) is 11.4. The summed E-state index contributed by atoms with van der Waals surface area (Å²) in [4.78, 5) is 17.9. The Morgan fingerprint density at radius 1 is 1.19 bits per heavy atom. The minimum atomic E-state index is -0.409. The number of hydrogen-bond acceptors (Lipinski definition) is 3. The number of hydrogen-bond donors (Lipinski definition) is 1. The smallest absolute Gasteiger partial charge is 0.248 e. The van der Waals surface area contributed by atoms with Crippen LogP contribution >= 0.6 is 0 Å². The SMILES string of the molecule is Cc1ccc(N(C)c2ccc(C(N)=O)cc2)nc1C1CC1. The van der Waals surface area contributed by atoms with Gasteiger partial charge in [0.25, 0.3) is 0 Å². The number of primary amides is 1. The Bertz CT molecular complexity index is 675. The van der Waals surface area contributed by atoms with E-state index in [1.54, 1.807) is 12.1 Å². The van der Waals surface area contributed by atoms with Crippen LogP contribution in [-0.2, 0) is 0 Å². The molecule has 3 rings (SSSR count). The Morgan fingerprint density at radius 2 is 1.86 bits per heavy atom. The Balaban J connectivity index is 1.89. The molecular weight excluding hydrogens is 262 g/mol. The van der Waals surface area contributed by atoms with Crippen molar-refractivity contribution in [2.24, 2.45) is 5.73 Å². The largest absolute Gasteiger partial charge is 0.366 e. The molecule has 0 bridgehead atoms. The van der Waals surface area contributed by atoms with Crippen LogP contribution in [0.25, 0.3) is 0 Å². The lowest BCUT2D eigenvalue weighted by atomic mass is 10.1. The molecule has 1 aliphatic carbocycles. The van der Waals surface area contributed by atoms with E-state index < -0.39 is 5.91 Å². The van der Waals surface area contributed by atoms with Gasteiger partial charge in [-0.05, 0) is 55.7 Å². The zero-order valence-corrected chi connectivity index (χ0v) is 12.3. The molecule has 1 aromatic carbocycles. The summed E-state index contributed by atoms with van der Waals surface area (Å²) >= 11 is 0. The van der Waals surface area contributed by atoms with Gasteiger partial charge in [-0.15, -0.1) is 0 Å². The van der Waals surface area contributed by atoms with Crippen molar-refractivity contribution in [2.45, 2.75) is 25.7 Å². The topological polar surface area (TPSA) is 59.2 Å². The average Bonchev–Trinajstić information content (AvgIpc) is 3.32. The van der Waals surface area contributed by atoms with Gasteiger partial charge in [0.1, 0.15) is 5.82 Å². The number of carbonyl (C=O) groups is 1. The predicted octanol–water partition coefficient (Wildman–Crippen LogP) is 3.13. The highest BCUT2D eigenvalue weighted by Crippen LogP contribution is 2.41. The number of aryl methyl sites for hydroxylation is 1. The molecule has 2 N–H and O–H groups in total. The van der Waals surface area contributed by atoms with Crippen LogP contribution in [0.4, 0.5) is 11.5 Å². The third kappa shape index (κ3) is 2.75. The Morgan fingerprint density at radius 3 is 2.43 bits per heavy atom. The Labute approximate surface area is 124 Å². The van der Waals surface area contributed by atoms with Gasteiger partial charge in [0, 0.05) is 29.9 Å². The van der Waals surface area contributed by atoms with Crippen molar-refractivity contribution in [3.05, 3.63) is 53.2 Å². The molecular formula is C17H19N3O. The molecule has 0 radical (unpaired) electrons. The molecule has 0 atom stereocenters. The lowest BCUT2D eigenvalue weighted by Gasteiger charge is -2.20. The van der Waals surface area contributed by atoms with E-state index in [0.717, 1.165) is 11.5 Å². The van der Waals surface area contributed by atoms with Crippen molar-refractivity contribution in [3.63, 3.8) is 0 Å². The van der Waals surface area contributed by atoms with Gasteiger partial charge in [-0.25, -0.2) is 4.98 Å². The van der Waals surface area contributed by atoms with E-state index >= 15 is 0 Å². The van der Waals surface area contributed by atoms with E-state index in [1.807, 2.05) is 30.1 Å². The number of nitrogens with zero attached hydrogens (tertiary/aromatic N) is 2. The molecule has 4 nitrogen and oxygen atoms in total. The van der Waals surface area contributed by atoms with Crippen molar-refractivity contribution >= 4 is 17.4 Å². The molecule has 1 aromatic heterocycles. The number of anilines is 2. The first kappa shape index (κ1) is 13.6. The van der Waals surface area contributed by atoms with Crippen molar-refractivity contribution in [3.8, 4) is 0 Å². The zero-order valence-electron chi connectivity index (χ0n) is 12.3. The maximum absolute atomic E-state index is 11.1. The standard InChI is InChI=1S/C17H19N3O/c1-11-3-10-15(19-16(11)12-4-5-12)20(2)14-8-6-13(7-9-14)17(18)21/h3,6-10,12H,4-5H2,1-2H3,(H2,18,21). The van der Waals surface area contributed by atoms with Crippen LogP contribution in [0.2, 0.25) is 0 Å². The lowest BCUT2D eigenvalue weighted by molar-refractivity contribution is 0.100. The molecule has 1 amide bonds. The van der Waals surface area contributed by atoms with Crippen LogP contribution < -0.4 is 10.6 Å². The van der Waals surface area contributed by atoms with Gasteiger partial charge >= 0.3 is 0 Å². The summed E-state index contributed by atoms with van der Waals surface area (Å²) in [6.07, 6.45) is 2.49. The predicted molar refractivity (Wildman–Crippen MR) is 84.0 cm³/mol. The fraction of sp³-hybridized carbons (Fsp3) is 0.294. The lowest BCUT2D eigenvalue weighted by Crippen LogP contribution is -2.14. The van der Waals surface area contributed by atoms with Crippen molar-refractivity contribution in [2.75, 3.05) is 11.9 Å². The average molecular weight is 281 g/mol. The number of benzene rings is 1. The monoisotopic (exact) mass is 281 g/mol. The minimum Gasteiger partial charge on any atom is -0.366 e. The third-order valence-corrected chi connectivity index (χ3v) is 3.97. The van der Waals surface area contributed by atoms with Crippen LogP contribution in [0.1, 0.15) is 40.4 Å². The molecule has 108 valence electrons. The summed E-state index contributed by atoms with van der Waals surface area (Å²) in [5.41, 5.74) is 9.24. The summed E-state index contributed by atoms with van der Waals surface area (Å²) in [5, 5.41) is 0. The summed E-state index contributed by atoms with van der Waals surface area (Å²) in [5.74, 6) is 1.15. The number of carbonyl (C=O) groups excluding carboxylic acids is 1. The first-order chi connectivity index (χ1) is 10.1. The molecule has 0 spiro atoms. The fourth-order valence-corrected chi connectivity index (χ4v) is 2.47. The molecule has 1 heterocycles. The number of aromatic nitrogens is 1. The maximum atomic E-state index is 11.1. The van der Waals surface area contributed by atoms with Crippen LogP contribution in [0.5, 0.6) is 0 Å². The minimum absolute atomic E-state index is 0.409. The molecule has 1 aliphatic rings. The Kier molecular flexibility index (Phi) is 3.37. The first-order valence-electron chi connectivity index (χ1n) is 7.17. The van der Waals surface area contributed by atoms with Gasteiger partial charge in [-0.3, -0.25) is 4.79 Å². The van der Waals surface area contributed by atoms with E-state index in [-0.39, 0.29) is 0 Å². The molecule has 0 saturated heterocycles. The molecule has 0 unspecified atom stereocenters. The first-order valence-corrected chi connectivity index (χ1v) is 7.17. The van der Waals surface area contributed by atoms with Crippen LogP contribution in [0, 0.1) is 6.92 Å². The van der Waals surface area contributed by atoms with Gasteiger partial charge in [-0.2, -0.15) is 0 Å². The number of nitrogens with two attached hydrogens (primary N) is 1. The van der Waals surface area contributed by atoms with Gasteiger partial charge < -0.3 is 10.6 Å². The second-order valence-electron chi connectivity index (χ2n) is 5.62. The fourth-order valence-electron chi connectivity index (χ4n) is 2.47. The second-order valence-corrected chi connectivity index (χ2v) is 5.62. The number of amides is 1. The van der Waals surface area contributed by atoms with Crippen molar-refractivity contribution in [1.82, 2.24) is 4.98 Å². The number of rotatable bonds is 4. The Hall–Kier alpha value is -2.36. The van der Waals surface area contributed by atoms with Crippen LogP contribution in [0.15, 0.2) is 36.4 Å². The zero-order chi connectivity index (χ0) is 15.0. The van der Waals surface area contributed by atoms with E-state index in [2.05, 4.69) is 13.0 Å². The molecule has 1 fully saturated rings. The highest BCUT2D eigenvalue weighted by atomic mass is 16.1. The highest BCUT2D eigenvalue weighted by Gasteiger charge is 2.27. The number of pyridine rings is 1. The second kappa shape index (κ2) is 5.20. The van der Waals surface area contributed by atoms with E-state index in [9.17, 15) is 4.79 Å². The molecule has 4 heteroatoms. The normalized spacial score (nSPS) is 14.0. The van der Waals surface area contributed by atoms with E-state index in [4.69, 9.17) is 10.7 Å². The van der Waals surface area contributed by atoms with Crippen molar-refractivity contribution in [1.29, 1.82) is 0 Å². The van der Waals surface area contributed by atoms with Gasteiger partial charge in [0.05, 0.1) is 0 Å². The third-order valence-electron chi connectivity index (χ3n) is 3.97. The summed E-state index contributed by atoms with van der Waals surface area (Å²) < 4.78 is 0. The van der Waals surface area contributed by atoms with Crippen LogP contribution in [-0.4, -0.2) is 17.9 Å². The van der Waals surface area contributed by atoms with Crippen LogP contribution in [0.3, 0.4) is 0 Å². The molecule has 0 aliphatic heterocycles. The van der Waals surface area contributed by atoms with Gasteiger partial charge in [-0.1, -0.05) is 6.07 Å². The quantitative estimate of drug-likeness (QED) is 0.936. The molecule has 21 heavy (non-hydrogen) atoms. The molecule has 1 saturated carbocycles. The van der Waals surface area contributed by atoms with Crippen molar-refractivity contribution < 1.29 is 4.79 Å².